The first-order valence-corrected chi connectivity index (χ1v) is 27.6. The highest BCUT2D eigenvalue weighted by Gasteiger charge is 2.47. The third-order valence-corrected chi connectivity index (χ3v) is 20.6. The molecule has 68 heavy (non-hydrogen) atoms. The average molecular weight is 981 g/mol. The summed E-state index contributed by atoms with van der Waals surface area (Å²) in [6, 6.07) is 71.9. The van der Waals surface area contributed by atoms with Gasteiger partial charge in [-0.15, -0.1) is 0 Å². The molecular weight excluding hydrogens is 921 g/mol. The Morgan fingerprint density at radius 2 is 0.632 bits per heavy atom. The highest BCUT2D eigenvalue weighted by Crippen LogP contribution is 2.59. The molecule has 6 nitrogen and oxygen atoms in total. The summed E-state index contributed by atoms with van der Waals surface area (Å²) < 4.78 is 19.7. The number of aryl methyl sites for hydroxylation is 6. The molecular formula is C58H60ClO6P3-2. The van der Waals surface area contributed by atoms with Gasteiger partial charge in [-0.3, -0.25) is 0 Å². The van der Waals surface area contributed by atoms with Gasteiger partial charge in [-0.1, -0.05) is 114 Å². The molecule has 0 radical (unpaired) electrons. The Hall–Kier alpha value is -5.38. The number of halogens is 1. The van der Waals surface area contributed by atoms with E-state index in [9.17, 15) is 0 Å². The van der Waals surface area contributed by atoms with E-state index in [1.807, 2.05) is 12.1 Å². The first kappa shape index (κ1) is 53.6. The van der Waals surface area contributed by atoms with Crippen LogP contribution in [0.3, 0.4) is 0 Å². The van der Waals surface area contributed by atoms with Gasteiger partial charge in [0, 0.05) is 0 Å². The molecule has 0 saturated heterocycles. The molecule has 0 bridgehead atoms. The lowest BCUT2D eigenvalue weighted by Gasteiger charge is -2.36. The first-order chi connectivity index (χ1) is 32.0. The Balaban J connectivity index is 0.000000228. The molecule has 0 aliphatic heterocycles. The molecule has 0 spiro atoms. The maximum atomic E-state index is 8.55. The lowest BCUT2D eigenvalue weighted by molar-refractivity contribution is -0.432. The molecule has 8 aromatic carbocycles. The summed E-state index contributed by atoms with van der Waals surface area (Å²) in [7, 11) is -5.77. The fourth-order valence-electron chi connectivity index (χ4n) is 8.53. The predicted molar refractivity (Wildman–Crippen MR) is 280 cm³/mol. The second kappa shape index (κ2) is 24.3. The number of hydrogen-bond donors (Lipinski definition) is 0. The molecule has 352 valence electrons. The molecule has 0 fully saturated rings. The maximum absolute atomic E-state index is 8.55. The molecule has 10 heteroatoms. The van der Waals surface area contributed by atoms with Crippen LogP contribution in [0.4, 0.5) is 0 Å². The van der Waals surface area contributed by atoms with Crippen LogP contribution < -0.4 is 68.4 Å². The van der Waals surface area contributed by atoms with Crippen LogP contribution in [-0.2, 0) is 16.9 Å². The van der Waals surface area contributed by atoms with E-state index in [-0.39, 0.29) is 12.4 Å². The van der Waals surface area contributed by atoms with Gasteiger partial charge in [-0.25, -0.2) is 0 Å². The number of phosphoric acid groups is 1. The lowest BCUT2D eigenvalue weighted by atomic mass is 10.2. The Bertz CT molecular complexity index is 2680. The van der Waals surface area contributed by atoms with Crippen molar-refractivity contribution in [3.05, 3.63) is 239 Å². The SMILES string of the molecule is COc1cccc(C[P+](c2ccc(C)cc2)(c2ccc(C)cc2)c2ccc(C)cc2)c1.COc1cccc(C[P+](c2cccc(C)c2)(c2cccc(C)c2)c2cccc(C)c2)c1.O=P([O-])([O-])[O-].[Cl-]. The maximum Gasteiger partial charge on any atom is 0.119 e. The minimum atomic E-state index is -5.39. The Morgan fingerprint density at radius 3 is 0.897 bits per heavy atom. The average Bonchev–Trinajstić information content (AvgIpc) is 3.31. The Morgan fingerprint density at radius 1 is 0.368 bits per heavy atom. The normalized spacial score (nSPS) is 11.2. The van der Waals surface area contributed by atoms with E-state index in [4.69, 9.17) is 28.7 Å². The number of methoxy groups -OCH3 is 2. The molecule has 0 N–H and O–H groups in total. The third-order valence-electron chi connectivity index (χ3n) is 11.9. The van der Waals surface area contributed by atoms with Gasteiger partial charge in [0.2, 0.25) is 0 Å². The van der Waals surface area contributed by atoms with E-state index in [1.165, 1.54) is 76.3 Å². The summed E-state index contributed by atoms with van der Waals surface area (Å²) in [6.07, 6.45) is 1.92. The fraction of sp³-hybridized carbons (Fsp3) is 0.172. The van der Waals surface area contributed by atoms with E-state index in [0.717, 1.165) is 23.8 Å². The second-order valence-electron chi connectivity index (χ2n) is 17.1. The van der Waals surface area contributed by atoms with E-state index in [2.05, 4.69) is 224 Å². The molecule has 0 aliphatic rings. The van der Waals surface area contributed by atoms with Crippen molar-refractivity contribution in [3.63, 3.8) is 0 Å². The van der Waals surface area contributed by atoms with Gasteiger partial charge in [-0.05, 0) is 166 Å². The second-order valence-corrected chi connectivity index (χ2v) is 25.0. The van der Waals surface area contributed by atoms with Crippen molar-refractivity contribution >= 4 is 54.2 Å². The van der Waals surface area contributed by atoms with Crippen LogP contribution in [0.2, 0.25) is 0 Å². The summed E-state index contributed by atoms with van der Waals surface area (Å²) in [5, 5.41) is 8.50. The topological polar surface area (TPSA) is 105 Å². The standard InChI is InChI=1S/2C29H30OP.ClH.H3O4P/c1-22-9-5-14-27(17-22)31(28-15-6-10-23(2)18-28,29-16-7-11-24(3)19-29)21-25-12-8-13-26(20-25)30-4;1-22-8-14-27(15-9-22)31(28-16-10-23(2)11-17-28,29-18-12-24(3)13-19-29)21-25-6-5-7-26(20-25)30-4;;1-5(2,3)4/h2*5-20H,21H2,1-4H3;1H;(H3,1,2,3,4)/q2*+1;;/p-4. The van der Waals surface area contributed by atoms with Crippen molar-refractivity contribution < 1.29 is 41.1 Å². The van der Waals surface area contributed by atoms with Gasteiger partial charge in [0.1, 0.15) is 57.9 Å². The summed E-state index contributed by atoms with van der Waals surface area (Å²) >= 11 is 0. The van der Waals surface area contributed by atoms with Crippen LogP contribution in [0.15, 0.2) is 194 Å². The first-order valence-electron chi connectivity index (χ1n) is 22.2. The Labute approximate surface area is 411 Å². The van der Waals surface area contributed by atoms with Gasteiger partial charge in [0.25, 0.3) is 0 Å². The van der Waals surface area contributed by atoms with E-state index in [1.54, 1.807) is 14.2 Å². The molecule has 0 aromatic heterocycles. The molecule has 8 aromatic rings. The summed E-state index contributed by atoms with van der Waals surface area (Å²) in [6.45, 7) is 13.0. The smallest absolute Gasteiger partial charge is 0.119 e. The minimum absolute atomic E-state index is 0. The van der Waals surface area contributed by atoms with E-state index in [0.29, 0.717) is 0 Å². The third kappa shape index (κ3) is 13.9. The zero-order valence-corrected chi connectivity index (χ0v) is 43.5. The quantitative estimate of drug-likeness (QED) is 0.131. The van der Waals surface area contributed by atoms with E-state index >= 15 is 0 Å². The van der Waals surface area contributed by atoms with Crippen molar-refractivity contribution in [2.24, 2.45) is 0 Å². The van der Waals surface area contributed by atoms with Gasteiger partial charge in [0.15, 0.2) is 0 Å². The molecule has 0 amide bonds. The fourth-order valence-corrected chi connectivity index (χ4v) is 17.2. The van der Waals surface area contributed by atoms with Gasteiger partial charge in [-0.2, -0.15) is 7.82 Å². The van der Waals surface area contributed by atoms with Gasteiger partial charge >= 0.3 is 0 Å². The molecule has 8 rings (SSSR count). The summed E-state index contributed by atoms with van der Waals surface area (Å²) in [4.78, 5) is 25.6. The number of benzene rings is 8. The highest BCUT2D eigenvalue weighted by atomic mass is 35.5. The van der Waals surface area contributed by atoms with Crippen molar-refractivity contribution in [2.45, 2.75) is 53.9 Å². The lowest BCUT2D eigenvalue weighted by Crippen LogP contribution is -3.00. The van der Waals surface area contributed by atoms with Crippen molar-refractivity contribution in [3.8, 4) is 11.5 Å². The van der Waals surface area contributed by atoms with Crippen molar-refractivity contribution in [2.75, 3.05) is 14.2 Å². The monoisotopic (exact) mass is 980 g/mol. The zero-order valence-electron chi connectivity index (χ0n) is 40.1. The molecule has 0 unspecified atom stereocenters. The van der Waals surface area contributed by atoms with Crippen LogP contribution in [0.5, 0.6) is 11.5 Å². The van der Waals surface area contributed by atoms with E-state index < -0.39 is 22.3 Å². The number of ether oxygens (including phenoxy) is 2. The Kier molecular flexibility index (Phi) is 19.1. The summed E-state index contributed by atoms with van der Waals surface area (Å²) in [5.74, 6) is 1.82. The number of hydrogen-bond acceptors (Lipinski definition) is 6. The molecule has 0 atom stereocenters. The minimum Gasteiger partial charge on any atom is -1.00 e. The molecule has 0 heterocycles. The van der Waals surface area contributed by atoms with Crippen LogP contribution >= 0.6 is 22.3 Å². The van der Waals surface area contributed by atoms with Crippen LogP contribution in [0.1, 0.15) is 44.5 Å². The predicted octanol–water partition coefficient (Wildman–Crippen LogP) is 6.41. The largest absolute Gasteiger partial charge is 1.00 e. The van der Waals surface area contributed by atoms with Crippen LogP contribution in [0.25, 0.3) is 0 Å². The van der Waals surface area contributed by atoms with Crippen molar-refractivity contribution in [1.82, 2.24) is 0 Å². The van der Waals surface area contributed by atoms with Gasteiger partial charge < -0.3 is 41.1 Å². The number of rotatable bonds is 12. The molecule has 0 aliphatic carbocycles. The van der Waals surface area contributed by atoms with Crippen molar-refractivity contribution in [1.29, 1.82) is 0 Å². The van der Waals surface area contributed by atoms with Crippen LogP contribution in [-0.4, -0.2) is 14.2 Å². The highest BCUT2D eigenvalue weighted by molar-refractivity contribution is 7.95. The zero-order chi connectivity index (χ0) is 48.2. The molecule has 0 saturated carbocycles. The van der Waals surface area contributed by atoms with Crippen LogP contribution in [0, 0.1) is 41.5 Å². The van der Waals surface area contributed by atoms with Gasteiger partial charge in [0.05, 0.1) is 26.5 Å². The summed E-state index contributed by atoms with van der Waals surface area (Å²) in [5.41, 5.74) is 10.4.